The van der Waals surface area contributed by atoms with Crippen LogP contribution in [0.1, 0.15) is 12.0 Å². The molecule has 2 saturated heterocycles. The molecule has 2 fully saturated rings. The van der Waals surface area contributed by atoms with Gasteiger partial charge in [-0.3, -0.25) is 19.5 Å². The highest BCUT2D eigenvalue weighted by Gasteiger charge is 2.33. The van der Waals surface area contributed by atoms with Gasteiger partial charge in [0.25, 0.3) is 0 Å². The monoisotopic (exact) mass is 420 g/mol. The molecule has 1 aromatic heterocycles. The van der Waals surface area contributed by atoms with E-state index in [0.717, 1.165) is 17.9 Å². The Bertz CT molecular complexity index is 897. The lowest BCUT2D eigenvalue weighted by Crippen LogP contribution is -2.57. The number of carbonyl (C=O) groups is 2. The number of nitrogens with zero attached hydrogens (tertiary/aromatic N) is 5. The lowest BCUT2D eigenvalue weighted by molar-refractivity contribution is -0.138. The maximum atomic E-state index is 13.0. The molecule has 2 aromatic rings. The molecule has 8 nitrogen and oxygen atoms in total. The predicted octanol–water partition coefficient (Wildman–Crippen LogP) is 1.03. The van der Waals surface area contributed by atoms with Crippen LogP contribution in [0.3, 0.4) is 0 Å². The normalized spacial score (nSPS) is 20.1. The van der Waals surface area contributed by atoms with E-state index in [2.05, 4.69) is 37.2 Å². The van der Waals surface area contributed by atoms with Gasteiger partial charge in [0.05, 0.1) is 18.7 Å². The third kappa shape index (κ3) is 5.46. The summed E-state index contributed by atoms with van der Waals surface area (Å²) in [4.78, 5) is 40.0. The quantitative estimate of drug-likeness (QED) is 0.752. The van der Waals surface area contributed by atoms with E-state index in [0.29, 0.717) is 39.3 Å². The fraction of sp³-hybridized carbons (Fsp3) is 0.391. The van der Waals surface area contributed by atoms with E-state index in [4.69, 9.17) is 0 Å². The molecule has 1 aromatic carbocycles. The van der Waals surface area contributed by atoms with Gasteiger partial charge in [-0.05, 0) is 5.56 Å². The molecule has 1 atom stereocenters. The van der Waals surface area contributed by atoms with Crippen molar-refractivity contribution in [2.24, 2.45) is 0 Å². The van der Waals surface area contributed by atoms with Crippen molar-refractivity contribution in [3.63, 3.8) is 0 Å². The zero-order chi connectivity index (χ0) is 21.5. The SMILES string of the molecule is O=C1NCCN(C/C=C/c2ccccc2)C1CC(=O)N1CCN(c2cnccn2)CC1. The second-order valence-electron chi connectivity index (χ2n) is 7.75. The Kier molecular flexibility index (Phi) is 6.89. The summed E-state index contributed by atoms with van der Waals surface area (Å²) < 4.78 is 0. The van der Waals surface area contributed by atoms with E-state index in [1.807, 2.05) is 35.2 Å². The molecule has 4 rings (SSSR count). The van der Waals surface area contributed by atoms with Gasteiger partial charge >= 0.3 is 0 Å². The molecule has 3 heterocycles. The van der Waals surface area contributed by atoms with Gasteiger partial charge in [-0.25, -0.2) is 4.98 Å². The number of aromatic nitrogens is 2. The molecule has 0 saturated carbocycles. The second-order valence-corrected chi connectivity index (χ2v) is 7.75. The molecule has 0 aliphatic carbocycles. The zero-order valence-corrected chi connectivity index (χ0v) is 17.6. The van der Waals surface area contributed by atoms with E-state index >= 15 is 0 Å². The summed E-state index contributed by atoms with van der Waals surface area (Å²) in [5.74, 6) is 0.793. The highest BCUT2D eigenvalue weighted by molar-refractivity contribution is 5.89. The van der Waals surface area contributed by atoms with E-state index < -0.39 is 6.04 Å². The number of benzene rings is 1. The lowest BCUT2D eigenvalue weighted by Gasteiger charge is -2.38. The fourth-order valence-corrected chi connectivity index (χ4v) is 4.02. The van der Waals surface area contributed by atoms with Crippen LogP contribution in [0.15, 0.2) is 55.0 Å². The van der Waals surface area contributed by atoms with Crippen molar-refractivity contribution in [1.82, 2.24) is 25.1 Å². The Balaban J connectivity index is 1.32. The Morgan fingerprint density at radius 1 is 1.10 bits per heavy atom. The minimum Gasteiger partial charge on any atom is -0.353 e. The molecule has 0 radical (unpaired) electrons. The highest BCUT2D eigenvalue weighted by Crippen LogP contribution is 2.15. The smallest absolute Gasteiger partial charge is 0.237 e. The van der Waals surface area contributed by atoms with Crippen LogP contribution in [0.2, 0.25) is 0 Å². The summed E-state index contributed by atoms with van der Waals surface area (Å²) in [5, 5.41) is 2.91. The predicted molar refractivity (Wildman–Crippen MR) is 119 cm³/mol. The Hall–Kier alpha value is -3.26. The molecule has 1 unspecified atom stereocenters. The Labute approximate surface area is 182 Å². The molecule has 2 aliphatic heterocycles. The van der Waals surface area contributed by atoms with Gasteiger partial charge in [0.2, 0.25) is 11.8 Å². The molecule has 2 aliphatic rings. The van der Waals surface area contributed by atoms with E-state index in [9.17, 15) is 9.59 Å². The van der Waals surface area contributed by atoms with Crippen molar-refractivity contribution >= 4 is 23.7 Å². The Morgan fingerprint density at radius 2 is 1.90 bits per heavy atom. The van der Waals surface area contributed by atoms with Crippen molar-refractivity contribution in [1.29, 1.82) is 0 Å². The van der Waals surface area contributed by atoms with Gasteiger partial charge in [0.1, 0.15) is 5.82 Å². The van der Waals surface area contributed by atoms with E-state index in [1.54, 1.807) is 18.6 Å². The molecule has 1 N–H and O–H groups in total. The second kappa shape index (κ2) is 10.2. The number of nitrogens with one attached hydrogen (secondary N) is 1. The first kappa shape index (κ1) is 21.0. The van der Waals surface area contributed by atoms with Crippen molar-refractivity contribution < 1.29 is 9.59 Å². The van der Waals surface area contributed by atoms with Crippen LogP contribution < -0.4 is 10.2 Å². The van der Waals surface area contributed by atoms with Crippen LogP contribution in [0.5, 0.6) is 0 Å². The number of rotatable bonds is 6. The molecule has 31 heavy (non-hydrogen) atoms. The summed E-state index contributed by atoms with van der Waals surface area (Å²) in [6.07, 6.45) is 9.39. The first-order valence-electron chi connectivity index (χ1n) is 10.7. The van der Waals surface area contributed by atoms with Crippen LogP contribution >= 0.6 is 0 Å². The molecule has 2 amide bonds. The first-order chi connectivity index (χ1) is 15.2. The van der Waals surface area contributed by atoms with E-state index in [1.165, 1.54) is 0 Å². The average molecular weight is 421 g/mol. The van der Waals surface area contributed by atoms with Crippen LogP contribution in [0, 0.1) is 0 Å². The van der Waals surface area contributed by atoms with Gasteiger partial charge in [0.15, 0.2) is 0 Å². The lowest BCUT2D eigenvalue weighted by atomic mass is 10.1. The van der Waals surface area contributed by atoms with Crippen LogP contribution in [0.25, 0.3) is 6.08 Å². The van der Waals surface area contributed by atoms with Crippen LogP contribution in [-0.4, -0.2) is 83.4 Å². The number of amides is 2. The maximum Gasteiger partial charge on any atom is 0.237 e. The van der Waals surface area contributed by atoms with E-state index in [-0.39, 0.29) is 18.2 Å². The minimum atomic E-state index is -0.431. The molecule has 8 heteroatoms. The number of anilines is 1. The topological polar surface area (TPSA) is 81.7 Å². The fourth-order valence-electron chi connectivity index (χ4n) is 4.02. The molecular weight excluding hydrogens is 392 g/mol. The highest BCUT2D eigenvalue weighted by atomic mass is 16.2. The largest absolute Gasteiger partial charge is 0.353 e. The third-order valence-electron chi connectivity index (χ3n) is 5.77. The summed E-state index contributed by atoms with van der Waals surface area (Å²) >= 11 is 0. The van der Waals surface area contributed by atoms with Crippen molar-refractivity contribution in [2.75, 3.05) is 50.7 Å². The van der Waals surface area contributed by atoms with Gasteiger partial charge in [-0.15, -0.1) is 0 Å². The number of piperazine rings is 2. The molecule has 0 bridgehead atoms. The summed E-state index contributed by atoms with van der Waals surface area (Å²) in [7, 11) is 0. The summed E-state index contributed by atoms with van der Waals surface area (Å²) in [5.41, 5.74) is 1.12. The van der Waals surface area contributed by atoms with Crippen molar-refractivity contribution in [3.8, 4) is 0 Å². The summed E-state index contributed by atoms with van der Waals surface area (Å²) in [6, 6.07) is 9.64. The average Bonchev–Trinajstić information content (AvgIpc) is 2.82. The Morgan fingerprint density at radius 3 is 2.65 bits per heavy atom. The van der Waals surface area contributed by atoms with Crippen molar-refractivity contribution in [3.05, 3.63) is 60.6 Å². The van der Waals surface area contributed by atoms with Gasteiger partial charge in [-0.2, -0.15) is 0 Å². The maximum absolute atomic E-state index is 13.0. The minimum absolute atomic E-state index is 0.0258. The van der Waals surface area contributed by atoms with Crippen LogP contribution in [-0.2, 0) is 9.59 Å². The van der Waals surface area contributed by atoms with Crippen LogP contribution in [0.4, 0.5) is 5.82 Å². The number of carbonyl (C=O) groups excluding carboxylic acids is 2. The number of hydrogen-bond acceptors (Lipinski definition) is 6. The van der Waals surface area contributed by atoms with Gasteiger partial charge < -0.3 is 15.1 Å². The first-order valence-corrected chi connectivity index (χ1v) is 10.7. The standard InChI is InChI=1S/C23H28N6O2/c30-22(29-15-13-28(14-16-29)21-18-24-8-9-25-21)17-20-23(31)26-10-12-27(20)11-4-7-19-5-2-1-3-6-19/h1-9,18,20H,10-17H2,(H,26,31)/b7-4+. The zero-order valence-electron chi connectivity index (χ0n) is 17.6. The van der Waals surface area contributed by atoms with Gasteiger partial charge in [-0.1, -0.05) is 42.5 Å². The van der Waals surface area contributed by atoms with Gasteiger partial charge in [0, 0.05) is 58.2 Å². The summed E-state index contributed by atoms with van der Waals surface area (Å²) in [6.45, 7) is 4.66. The molecule has 162 valence electrons. The molecular formula is C23H28N6O2. The molecule has 0 spiro atoms. The van der Waals surface area contributed by atoms with Crippen molar-refractivity contribution in [2.45, 2.75) is 12.5 Å². The number of hydrogen-bond donors (Lipinski definition) is 1. The third-order valence-corrected chi connectivity index (χ3v) is 5.77.